The molecule has 2 N–H and O–H groups in total. The molecule has 1 unspecified atom stereocenters. The van der Waals surface area contributed by atoms with Crippen molar-refractivity contribution in [3.63, 3.8) is 0 Å². The molecule has 4 nitrogen and oxygen atoms in total. The lowest BCUT2D eigenvalue weighted by Gasteiger charge is -2.12. The Balaban J connectivity index is 3.29. The van der Waals surface area contributed by atoms with Gasteiger partial charge in [0.1, 0.15) is 6.61 Å². The maximum absolute atomic E-state index is 11.9. The number of aliphatic hydroxyl groups excluding tert-OH is 1. The van der Waals surface area contributed by atoms with Gasteiger partial charge in [-0.15, -0.1) is 0 Å². The third kappa shape index (κ3) is 3.85. The summed E-state index contributed by atoms with van der Waals surface area (Å²) in [6.45, 7) is 1.39. The number of halogens is 1. The van der Waals surface area contributed by atoms with E-state index in [1.807, 2.05) is 0 Å². The SMILES string of the molecule is CCOP(=O)(O)c1cc(Cl)ccc1C#CCO. The van der Waals surface area contributed by atoms with Crippen LogP contribution in [-0.2, 0) is 9.09 Å². The van der Waals surface area contributed by atoms with Crippen LogP contribution in [0.3, 0.4) is 0 Å². The van der Waals surface area contributed by atoms with Crippen molar-refractivity contribution in [2.24, 2.45) is 0 Å². The summed E-state index contributed by atoms with van der Waals surface area (Å²) in [6.07, 6.45) is 0. The highest BCUT2D eigenvalue weighted by atomic mass is 35.5. The minimum absolute atomic E-state index is 0.0489. The quantitative estimate of drug-likeness (QED) is 0.648. The summed E-state index contributed by atoms with van der Waals surface area (Å²) in [5.41, 5.74) is 0.322. The average Bonchev–Trinajstić information content (AvgIpc) is 2.27. The molecule has 0 spiro atoms. The molecule has 0 saturated heterocycles. The Labute approximate surface area is 105 Å². The van der Waals surface area contributed by atoms with Gasteiger partial charge in [0.05, 0.1) is 11.9 Å². The van der Waals surface area contributed by atoms with Crippen molar-refractivity contribution in [2.75, 3.05) is 13.2 Å². The van der Waals surface area contributed by atoms with Crippen molar-refractivity contribution in [2.45, 2.75) is 6.92 Å². The Morgan fingerprint density at radius 3 is 2.82 bits per heavy atom. The van der Waals surface area contributed by atoms with Gasteiger partial charge in [0.15, 0.2) is 0 Å². The van der Waals surface area contributed by atoms with Crippen LogP contribution in [0.2, 0.25) is 5.02 Å². The molecule has 0 aliphatic rings. The van der Waals surface area contributed by atoms with Crippen LogP contribution in [0.4, 0.5) is 0 Å². The molecule has 92 valence electrons. The van der Waals surface area contributed by atoms with Crippen molar-refractivity contribution in [1.82, 2.24) is 0 Å². The Kier molecular flexibility index (Phi) is 5.20. The van der Waals surface area contributed by atoms with E-state index in [1.54, 1.807) is 13.0 Å². The highest BCUT2D eigenvalue weighted by molar-refractivity contribution is 7.61. The van der Waals surface area contributed by atoms with Gasteiger partial charge in [0.2, 0.25) is 0 Å². The molecule has 1 aromatic rings. The normalized spacial score (nSPS) is 13.6. The molecule has 0 radical (unpaired) electrons. The third-order valence-electron chi connectivity index (χ3n) is 1.87. The van der Waals surface area contributed by atoms with Gasteiger partial charge in [0, 0.05) is 10.6 Å². The van der Waals surface area contributed by atoms with Crippen LogP contribution in [0.25, 0.3) is 0 Å². The third-order valence-corrected chi connectivity index (χ3v) is 3.69. The number of rotatable bonds is 3. The minimum atomic E-state index is -3.92. The molecule has 0 heterocycles. The van der Waals surface area contributed by atoms with Crippen molar-refractivity contribution < 1.29 is 19.1 Å². The second-order valence-corrected chi connectivity index (χ2v) is 5.28. The van der Waals surface area contributed by atoms with Gasteiger partial charge < -0.3 is 14.5 Å². The van der Waals surface area contributed by atoms with E-state index in [4.69, 9.17) is 21.2 Å². The maximum atomic E-state index is 11.9. The highest BCUT2D eigenvalue weighted by Crippen LogP contribution is 2.42. The number of benzene rings is 1. The van der Waals surface area contributed by atoms with E-state index in [0.29, 0.717) is 10.6 Å². The summed E-state index contributed by atoms with van der Waals surface area (Å²) >= 11 is 5.77. The van der Waals surface area contributed by atoms with E-state index in [1.165, 1.54) is 12.1 Å². The average molecular weight is 275 g/mol. The van der Waals surface area contributed by atoms with E-state index in [9.17, 15) is 9.46 Å². The van der Waals surface area contributed by atoms with Crippen molar-refractivity contribution in [1.29, 1.82) is 0 Å². The van der Waals surface area contributed by atoms with Gasteiger partial charge in [0.25, 0.3) is 0 Å². The van der Waals surface area contributed by atoms with Crippen LogP contribution in [-0.4, -0.2) is 23.2 Å². The Morgan fingerprint density at radius 2 is 2.24 bits per heavy atom. The lowest BCUT2D eigenvalue weighted by atomic mass is 10.2. The summed E-state index contributed by atoms with van der Waals surface area (Å²) in [4.78, 5) is 9.73. The summed E-state index contributed by atoms with van der Waals surface area (Å²) in [7, 11) is -3.92. The molecule has 0 saturated carbocycles. The fourth-order valence-electron chi connectivity index (χ4n) is 1.22. The first kappa shape index (κ1) is 14.2. The molecule has 0 aliphatic heterocycles. The predicted octanol–water partition coefficient (Wildman–Crippen LogP) is 1.53. The summed E-state index contributed by atoms with van der Waals surface area (Å²) in [5.74, 6) is 5.00. The molecule has 0 bridgehead atoms. The minimum Gasteiger partial charge on any atom is -0.384 e. The Morgan fingerprint density at radius 1 is 1.53 bits per heavy atom. The summed E-state index contributed by atoms with van der Waals surface area (Å²) in [6, 6.07) is 4.42. The van der Waals surface area contributed by atoms with Crippen molar-refractivity contribution in [3.8, 4) is 11.8 Å². The number of aliphatic hydroxyl groups is 1. The smallest absolute Gasteiger partial charge is 0.360 e. The molecule has 0 fully saturated rings. The zero-order valence-electron chi connectivity index (χ0n) is 9.18. The van der Waals surface area contributed by atoms with Gasteiger partial charge in [-0.1, -0.05) is 23.4 Å². The van der Waals surface area contributed by atoms with Crippen LogP contribution < -0.4 is 5.30 Å². The summed E-state index contributed by atoms with van der Waals surface area (Å²) in [5, 5.41) is 8.99. The lowest BCUT2D eigenvalue weighted by molar-refractivity contribution is 0.284. The maximum Gasteiger partial charge on any atom is 0.360 e. The molecule has 1 rings (SSSR count). The van der Waals surface area contributed by atoms with E-state index in [0.717, 1.165) is 0 Å². The molecule has 6 heteroatoms. The monoisotopic (exact) mass is 274 g/mol. The van der Waals surface area contributed by atoms with Crippen LogP contribution in [0, 0.1) is 11.8 Å². The van der Waals surface area contributed by atoms with Crippen LogP contribution in [0.1, 0.15) is 12.5 Å². The van der Waals surface area contributed by atoms with Gasteiger partial charge in [-0.25, -0.2) is 0 Å². The zero-order chi connectivity index (χ0) is 12.9. The van der Waals surface area contributed by atoms with Crippen LogP contribution in [0.15, 0.2) is 18.2 Å². The van der Waals surface area contributed by atoms with E-state index >= 15 is 0 Å². The molecule has 0 amide bonds. The van der Waals surface area contributed by atoms with Crippen molar-refractivity contribution in [3.05, 3.63) is 28.8 Å². The fourth-order valence-corrected chi connectivity index (χ4v) is 2.70. The molecule has 1 atom stereocenters. The lowest BCUT2D eigenvalue weighted by Crippen LogP contribution is -2.11. The number of hydrogen-bond donors (Lipinski definition) is 2. The number of hydrogen-bond acceptors (Lipinski definition) is 3. The van der Waals surface area contributed by atoms with Gasteiger partial charge in [-0.05, 0) is 25.1 Å². The second-order valence-electron chi connectivity index (χ2n) is 3.06. The van der Waals surface area contributed by atoms with Crippen LogP contribution >= 0.6 is 19.2 Å². The Hall–Kier alpha value is -0.820. The Bertz CT molecular complexity index is 504. The topological polar surface area (TPSA) is 66.8 Å². The predicted molar refractivity (Wildman–Crippen MR) is 66.5 cm³/mol. The zero-order valence-corrected chi connectivity index (χ0v) is 10.8. The molecule has 0 aromatic heterocycles. The first-order valence-corrected chi connectivity index (χ1v) is 6.84. The van der Waals surface area contributed by atoms with Gasteiger partial charge in [-0.2, -0.15) is 0 Å². The summed E-state index contributed by atoms with van der Waals surface area (Å²) < 4.78 is 16.7. The van der Waals surface area contributed by atoms with Gasteiger partial charge in [-0.3, -0.25) is 4.57 Å². The van der Waals surface area contributed by atoms with Gasteiger partial charge >= 0.3 is 7.60 Å². The van der Waals surface area contributed by atoms with Crippen molar-refractivity contribution >= 4 is 24.5 Å². The molecule has 17 heavy (non-hydrogen) atoms. The highest BCUT2D eigenvalue weighted by Gasteiger charge is 2.25. The van der Waals surface area contributed by atoms with E-state index in [2.05, 4.69) is 11.8 Å². The van der Waals surface area contributed by atoms with E-state index < -0.39 is 7.60 Å². The molecular weight excluding hydrogens is 263 g/mol. The standard InChI is InChI=1S/C11H12ClO4P/c1-2-16-17(14,15)11-8-10(12)6-5-9(11)4-3-7-13/h5-6,8,13H,2,7H2,1H3,(H,14,15). The largest absolute Gasteiger partial charge is 0.384 e. The molecular formula is C11H12ClO4P. The molecule has 1 aromatic carbocycles. The van der Waals surface area contributed by atoms with Crippen LogP contribution in [0.5, 0.6) is 0 Å². The first-order chi connectivity index (χ1) is 8.01. The molecule has 0 aliphatic carbocycles. The fraction of sp³-hybridized carbons (Fsp3) is 0.273. The first-order valence-electron chi connectivity index (χ1n) is 4.88. The second kappa shape index (κ2) is 6.20. The van der Waals surface area contributed by atoms with E-state index in [-0.39, 0.29) is 18.5 Å².